The Kier molecular flexibility index (Phi) is 3.78. The second kappa shape index (κ2) is 5.50. The normalized spacial score (nSPS) is 10.3. The van der Waals surface area contributed by atoms with Crippen molar-refractivity contribution in [1.29, 1.82) is 0 Å². The molecule has 0 heterocycles. The molecule has 0 saturated heterocycles. The SMILES string of the molecule is Cc1cc(CCC(=O)c2ccccc2)ccc1O. The molecule has 2 aromatic carbocycles. The van der Waals surface area contributed by atoms with Gasteiger partial charge in [0.15, 0.2) is 5.78 Å². The fourth-order valence-electron chi connectivity index (χ4n) is 1.90. The van der Waals surface area contributed by atoms with Crippen molar-refractivity contribution in [3.8, 4) is 5.75 Å². The van der Waals surface area contributed by atoms with Gasteiger partial charge in [-0.2, -0.15) is 0 Å². The molecule has 0 unspecified atom stereocenters. The van der Waals surface area contributed by atoms with Crippen LogP contribution in [0.4, 0.5) is 0 Å². The minimum atomic E-state index is 0.154. The summed E-state index contributed by atoms with van der Waals surface area (Å²) in [6, 6.07) is 14.8. The summed E-state index contributed by atoms with van der Waals surface area (Å²) in [5.41, 5.74) is 2.68. The number of carbonyl (C=O) groups excluding carboxylic acids is 1. The molecular formula is C16H16O2. The number of hydrogen-bond acceptors (Lipinski definition) is 2. The number of benzene rings is 2. The summed E-state index contributed by atoms with van der Waals surface area (Å²) in [4.78, 5) is 11.9. The van der Waals surface area contributed by atoms with Crippen molar-refractivity contribution >= 4 is 5.78 Å². The number of hydrogen-bond donors (Lipinski definition) is 1. The maximum absolute atomic E-state index is 11.9. The van der Waals surface area contributed by atoms with Gasteiger partial charge < -0.3 is 5.11 Å². The molecule has 0 saturated carbocycles. The molecule has 0 aliphatic heterocycles. The van der Waals surface area contributed by atoms with E-state index in [0.29, 0.717) is 18.6 Å². The lowest BCUT2D eigenvalue weighted by Crippen LogP contribution is -2.00. The summed E-state index contributed by atoms with van der Waals surface area (Å²) in [5, 5.41) is 9.43. The van der Waals surface area contributed by atoms with E-state index in [9.17, 15) is 9.90 Å². The average molecular weight is 240 g/mol. The highest BCUT2D eigenvalue weighted by Crippen LogP contribution is 2.18. The van der Waals surface area contributed by atoms with Crippen LogP contribution in [0.2, 0.25) is 0 Å². The topological polar surface area (TPSA) is 37.3 Å². The number of aryl methyl sites for hydroxylation is 2. The standard InChI is InChI=1S/C16H16O2/c1-12-11-13(7-9-15(12)17)8-10-16(18)14-5-3-2-4-6-14/h2-7,9,11,17H,8,10H2,1H3. The molecule has 92 valence electrons. The van der Waals surface area contributed by atoms with E-state index in [0.717, 1.165) is 16.7 Å². The highest BCUT2D eigenvalue weighted by atomic mass is 16.3. The van der Waals surface area contributed by atoms with E-state index >= 15 is 0 Å². The molecule has 2 rings (SSSR count). The Morgan fingerprint density at radius 3 is 2.50 bits per heavy atom. The second-order valence-electron chi connectivity index (χ2n) is 4.41. The number of carbonyl (C=O) groups is 1. The lowest BCUT2D eigenvalue weighted by atomic mass is 10.0. The molecule has 0 fully saturated rings. The van der Waals surface area contributed by atoms with E-state index in [4.69, 9.17) is 0 Å². The molecule has 2 nitrogen and oxygen atoms in total. The number of Topliss-reactive ketones (excluding diaryl/α,β-unsaturated/α-hetero) is 1. The summed E-state index contributed by atoms with van der Waals surface area (Å²) < 4.78 is 0. The maximum Gasteiger partial charge on any atom is 0.163 e. The molecule has 0 spiro atoms. The van der Waals surface area contributed by atoms with Crippen LogP contribution in [0.15, 0.2) is 48.5 Å². The van der Waals surface area contributed by atoms with Crippen LogP contribution in [-0.4, -0.2) is 10.9 Å². The second-order valence-corrected chi connectivity index (χ2v) is 4.41. The van der Waals surface area contributed by atoms with Gasteiger partial charge in [0.05, 0.1) is 0 Å². The molecule has 0 aromatic heterocycles. The Hall–Kier alpha value is -2.09. The van der Waals surface area contributed by atoms with Crippen molar-refractivity contribution < 1.29 is 9.90 Å². The maximum atomic E-state index is 11.9. The van der Waals surface area contributed by atoms with Crippen molar-refractivity contribution in [3.05, 3.63) is 65.2 Å². The van der Waals surface area contributed by atoms with Gasteiger partial charge in [0, 0.05) is 12.0 Å². The number of phenolic OH excluding ortho intramolecular Hbond substituents is 1. The third kappa shape index (κ3) is 2.98. The van der Waals surface area contributed by atoms with E-state index < -0.39 is 0 Å². The van der Waals surface area contributed by atoms with Crippen LogP contribution in [0.3, 0.4) is 0 Å². The quantitative estimate of drug-likeness (QED) is 0.830. The summed E-state index contributed by atoms with van der Waals surface area (Å²) in [5.74, 6) is 0.453. The molecule has 0 atom stereocenters. The molecule has 0 radical (unpaired) electrons. The largest absolute Gasteiger partial charge is 0.508 e. The molecule has 2 heteroatoms. The lowest BCUT2D eigenvalue weighted by Gasteiger charge is -2.04. The molecule has 0 aliphatic rings. The fraction of sp³-hybridized carbons (Fsp3) is 0.188. The van der Waals surface area contributed by atoms with Gasteiger partial charge in [0.1, 0.15) is 5.75 Å². The van der Waals surface area contributed by atoms with Crippen LogP contribution in [0.5, 0.6) is 5.75 Å². The predicted molar refractivity (Wildman–Crippen MR) is 71.9 cm³/mol. The molecule has 18 heavy (non-hydrogen) atoms. The third-order valence-electron chi connectivity index (χ3n) is 3.00. The number of phenols is 1. The Morgan fingerprint density at radius 2 is 1.83 bits per heavy atom. The van der Waals surface area contributed by atoms with Crippen LogP contribution in [0.25, 0.3) is 0 Å². The van der Waals surface area contributed by atoms with Crippen molar-refractivity contribution in [1.82, 2.24) is 0 Å². The summed E-state index contributed by atoms with van der Waals surface area (Å²) in [7, 11) is 0. The summed E-state index contributed by atoms with van der Waals surface area (Å²) in [6.45, 7) is 1.86. The molecule has 0 bridgehead atoms. The Bertz CT molecular complexity index is 544. The number of aromatic hydroxyl groups is 1. The smallest absolute Gasteiger partial charge is 0.163 e. The first kappa shape index (κ1) is 12.4. The minimum absolute atomic E-state index is 0.154. The predicted octanol–water partition coefficient (Wildman–Crippen LogP) is 3.52. The minimum Gasteiger partial charge on any atom is -0.508 e. The zero-order valence-corrected chi connectivity index (χ0v) is 10.4. The van der Waals surface area contributed by atoms with E-state index in [-0.39, 0.29) is 5.78 Å². The molecular weight excluding hydrogens is 224 g/mol. The Labute approximate surface area is 107 Å². The summed E-state index contributed by atoms with van der Waals surface area (Å²) >= 11 is 0. The number of rotatable bonds is 4. The van der Waals surface area contributed by atoms with Gasteiger partial charge >= 0.3 is 0 Å². The first-order valence-electron chi connectivity index (χ1n) is 6.03. The van der Waals surface area contributed by atoms with Gasteiger partial charge in [-0.3, -0.25) is 4.79 Å². The van der Waals surface area contributed by atoms with Crippen molar-refractivity contribution in [2.45, 2.75) is 19.8 Å². The van der Waals surface area contributed by atoms with Gasteiger partial charge in [-0.05, 0) is 30.5 Å². The van der Waals surface area contributed by atoms with Crippen molar-refractivity contribution in [3.63, 3.8) is 0 Å². The Morgan fingerprint density at radius 1 is 1.11 bits per heavy atom. The van der Waals surface area contributed by atoms with Gasteiger partial charge in [-0.25, -0.2) is 0 Å². The molecule has 2 aromatic rings. The molecule has 0 aliphatic carbocycles. The highest BCUT2D eigenvalue weighted by Gasteiger charge is 2.06. The lowest BCUT2D eigenvalue weighted by molar-refractivity contribution is 0.0983. The first-order valence-corrected chi connectivity index (χ1v) is 6.03. The third-order valence-corrected chi connectivity index (χ3v) is 3.00. The zero-order valence-electron chi connectivity index (χ0n) is 10.4. The summed E-state index contributed by atoms with van der Waals surface area (Å²) in [6.07, 6.45) is 1.20. The van der Waals surface area contributed by atoms with Gasteiger partial charge in [0.2, 0.25) is 0 Å². The van der Waals surface area contributed by atoms with Gasteiger partial charge in [-0.15, -0.1) is 0 Å². The Balaban J connectivity index is 1.99. The van der Waals surface area contributed by atoms with E-state index in [2.05, 4.69) is 0 Å². The fourth-order valence-corrected chi connectivity index (χ4v) is 1.90. The molecule has 0 amide bonds. The average Bonchev–Trinajstić information content (AvgIpc) is 2.41. The van der Waals surface area contributed by atoms with Crippen LogP contribution >= 0.6 is 0 Å². The van der Waals surface area contributed by atoms with Crippen LogP contribution in [-0.2, 0) is 6.42 Å². The van der Waals surface area contributed by atoms with Crippen molar-refractivity contribution in [2.24, 2.45) is 0 Å². The van der Waals surface area contributed by atoms with E-state index in [1.165, 1.54) is 0 Å². The van der Waals surface area contributed by atoms with Gasteiger partial charge in [0.25, 0.3) is 0 Å². The van der Waals surface area contributed by atoms with Gasteiger partial charge in [-0.1, -0.05) is 42.5 Å². The molecule has 1 N–H and O–H groups in total. The number of ketones is 1. The van der Waals surface area contributed by atoms with E-state index in [1.54, 1.807) is 6.07 Å². The van der Waals surface area contributed by atoms with Crippen LogP contribution in [0.1, 0.15) is 27.9 Å². The zero-order chi connectivity index (χ0) is 13.0. The van der Waals surface area contributed by atoms with Crippen molar-refractivity contribution in [2.75, 3.05) is 0 Å². The van der Waals surface area contributed by atoms with Crippen LogP contribution < -0.4 is 0 Å². The van der Waals surface area contributed by atoms with Crippen LogP contribution in [0, 0.1) is 6.92 Å². The first-order chi connectivity index (χ1) is 8.66. The highest BCUT2D eigenvalue weighted by molar-refractivity contribution is 5.96. The van der Waals surface area contributed by atoms with E-state index in [1.807, 2.05) is 49.4 Å². The monoisotopic (exact) mass is 240 g/mol.